The van der Waals surface area contributed by atoms with Crippen LogP contribution in [0.25, 0.3) is 11.1 Å². The lowest BCUT2D eigenvalue weighted by molar-refractivity contribution is 0.0651. The summed E-state index contributed by atoms with van der Waals surface area (Å²) < 4.78 is 4.83. The highest BCUT2D eigenvalue weighted by molar-refractivity contribution is 6.04. The van der Waals surface area contributed by atoms with Crippen LogP contribution in [0.4, 0.5) is 0 Å². The summed E-state index contributed by atoms with van der Waals surface area (Å²) in [5.74, 6) is -5.72. The molecule has 9 heteroatoms. The van der Waals surface area contributed by atoms with Crippen LogP contribution < -0.4 is 0 Å². The fourth-order valence-electron chi connectivity index (χ4n) is 2.38. The summed E-state index contributed by atoms with van der Waals surface area (Å²) in [5.41, 5.74) is -1.24. The fourth-order valence-corrected chi connectivity index (χ4v) is 2.38. The van der Waals surface area contributed by atoms with E-state index in [-0.39, 0.29) is 11.1 Å². The molecule has 0 unspecified atom stereocenters. The largest absolute Gasteiger partial charge is 0.478 e. The zero-order chi connectivity index (χ0) is 22.1. The van der Waals surface area contributed by atoms with Gasteiger partial charge in [0.15, 0.2) is 0 Å². The van der Waals surface area contributed by atoms with Crippen LogP contribution in [-0.4, -0.2) is 57.5 Å². The van der Waals surface area contributed by atoms with Gasteiger partial charge in [0.25, 0.3) is 0 Å². The SMILES string of the molecule is CCOCC.O=C(O)c1ccc(-c2ccc(C(=O)O)c(C(=O)O)c2)cc1C(=O)O. The van der Waals surface area contributed by atoms with Gasteiger partial charge >= 0.3 is 23.9 Å². The first-order chi connectivity index (χ1) is 13.6. The number of carbonyl (C=O) groups is 4. The van der Waals surface area contributed by atoms with Crippen LogP contribution >= 0.6 is 0 Å². The molecule has 9 nitrogen and oxygen atoms in total. The molecule has 4 N–H and O–H groups in total. The van der Waals surface area contributed by atoms with Crippen molar-refractivity contribution >= 4 is 23.9 Å². The second kappa shape index (κ2) is 10.6. The highest BCUT2D eigenvalue weighted by Gasteiger charge is 2.19. The standard InChI is InChI=1S/C16H10O8.C4H10O/c17-13(18)9-3-1-7(5-11(9)15(21)22)8-2-4-10(14(19)20)12(6-8)16(23)24;1-3-5-4-2/h1-6H,(H,17,18)(H,19,20)(H,21,22)(H,23,24);3-4H2,1-2H3. The first kappa shape index (κ1) is 23.3. The third-order valence-electron chi connectivity index (χ3n) is 3.70. The summed E-state index contributed by atoms with van der Waals surface area (Å²) in [6, 6.07) is 6.99. The summed E-state index contributed by atoms with van der Waals surface area (Å²) in [7, 11) is 0. The third kappa shape index (κ3) is 6.15. The molecule has 0 amide bonds. The molecule has 0 atom stereocenters. The number of aromatic carboxylic acids is 4. The smallest absolute Gasteiger partial charge is 0.336 e. The number of ether oxygens (including phenoxy) is 1. The van der Waals surface area contributed by atoms with Crippen molar-refractivity contribution in [2.45, 2.75) is 13.8 Å². The van der Waals surface area contributed by atoms with E-state index >= 15 is 0 Å². The molecule has 154 valence electrons. The van der Waals surface area contributed by atoms with Gasteiger partial charge in [0.05, 0.1) is 22.3 Å². The normalized spacial score (nSPS) is 9.86. The predicted molar refractivity (Wildman–Crippen MR) is 102 cm³/mol. The fraction of sp³-hybridized carbons (Fsp3) is 0.200. The molecule has 0 aliphatic carbocycles. The van der Waals surface area contributed by atoms with Gasteiger partial charge in [-0.05, 0) is 49.2 Å². The van der Waals surface area contributed by atoms with Crippen LogP contribution in [0.1, 0.15) is 55.3 Å². The highest BCUT2D eigenvalue weighted by Crippen LogP contribution is 2.25. The molecule has 0 bridgehead atoms. The molecule has 2 rings (SSSR count). The number of carboxylic acid groups (broad SMARTS) is 4. The molecule has 0 saturated heterocycles. The van der Waals surface area contributed by atoms with E-state index in [1.54, 1.807) is 0 Å². The molecule has 0 saturated carbocycles. The van der Waals surface area contributed by atoms with E-state index in [9.17, 15) is 19.2 Å². The minimum absolute atomic E-state index is 0.247. The number of carboxylic acids is 4. The van der Waals surface area contributed by atoms with E-state index < -0.39 is 46.1 Å². The van der Waals surface area contributed by atoms with Gasteiger partial charge in [0.1, 0.15) is 0 Å². The van der Waals surface area contributed by atoms with Gasteiger partial charge in [0, 0.05) is 13.2 Å². The summed E-state index contributed by atoms with van der Waals surface area (Å²) in [4.78, 5) is 44.4. The quantitative estimate of drug-likeness (QED) is 0.543. The van der Waals surface area contributed by atoms with Crippen LogP contribution in [0.15, 0.2) is 36.4 Å². The Bertz CT molecular complexity index is 856. The molecule has 0 spiro atoms. The summed E-state index contributed by atoms with van der Waals surface area (Å²) in [5, 5.41) is 36.2. The van der Waals surface area contributed by atoms with Crippen molar-refractivity contribution in [1.82, 2.24) is 0 Å². The first-order valence-electron chi connectivity index (χ1n) is 8.43. The average molecular weight is 404 g/mol. The minimum atomic E-state index is -1.45. The number of hydrogen-bond acceptors (Lipinski definition) is 5. The second-order valence-electron chi connectivity index (χ2n) is 5.52. The molecular formula is C20H20O9. The van der Waals surface area contributed by atoms with Crippen LogP contribution in [0.5, 0.6) is 0 Å². The third-order valence-corrected chi connectivity index (χ3v) is 3.70. The minimum Gasteiger partial charge on any atom is -0.478 e. The maximum Gasteiger partial charge on any atom is 0.336 e. The highest BCUT2D eigenvalue weighted by atomic mass is 16.5. The van der Waals surface area contributed by atoms with Gasteiger partial charge in [-0.25, -0.2) is 19.2 Å². The Morgan fingerprint density at radius 1 is 0.621 bits per heavy atom. The molecule has 29 heavy (non-hydrogen) atoms. The van der Waals surface area contributed by atoms with E-state index in [1.165, 1.54) is 12.1 Å². The lowest BCUT2D eigenvalue weighted by atomic mass is 9.96. The molecular weight excluding hydrogens is 384 g/mol. The Hall–Kier alpha value is -3.72. The van der Waals surface area contributed by atoms with Gasteiger partial charge in [-0.1, -0.05) is 12.1 Å². The predicted octanol–water partition coefficient (Wildman–Crippen LogP) is 3.19. The molecule has 2 aromatic carbocycles. The van der Waals surface area contributed by atoms with E-state index in [2.05, 4.69) is 0 Å². The second-order valence-corrected chi connectivity index (χ2v) is 5.52. The van der Waals surface area contributed by atoms with E-state index in [0.29, 0.717) is 0 Å². The number of hydrogen-bond donors (Lipinski definition) is 4. The Kier molecular flexibility index (Phi) is 8.50. The number of benzene rings is 2. The molecule has 0 aromatic heterocycles. The van der Waals surface area contributed by atoms with Crippen LogP contribution in [0.2, 0.25) is 0 Å². The van der Waals surface area contributed by atoms with Crippen LogP contribution in [0, 0.1) is 0 Å². The summed E-state index contributed by atoms with van der Waals surface area (Å²) in [6.45, 7) is 5.67. The lowest BCUT2D eigenvalue weighted by Crippen LogP contribution is -2.09. The Morgan fingerprint density at radius 3 is 1.14 bits per heavy atom. The van der Waals surface area contributed by atoms with Crippen molar-refractivity contribution in [1.29, 1.82) is 0 Å². The van der Waals surface area contributed by atoms with E-state index in [4.69, 9.17) is 25.2 Å². The van der Waals surface area contributed by atoms with Crippen molar-refractivity contribution in [3.8, 4) is 11.1 Å². The maximum atomic E-state index is 11.2. The van der Waals surface area contributed by atoms with Gasteiger partial charge < -0.3 is 25.2 Å². The van der Waals surface area contributed by atoms with Crippen molar-refractivity contribution in [2.24, 2.45) is 0 Å². The molecule has 2 aromatic rings. The average Bonchev–Trinajstić information content (AvgIpc) is 2.67. The Labute approximate surface area is 165 Å². The van der Waals surface area contributed by atoms with Crippen molar-refractivity contribution in [2.75, 3.05) is 13.2 Å². The maximum absolute atomic E-state index is 11.2. The van der Waals surface area contributed by atoms with Gasteiger partial charge in [-0.3, -0.25) is 0 Å². The molecule has 0 fully saturated rings. The Morgan fingerprint density at radius 2 is 0.931 bits per heavy atom. The van der Waals surface area contributed by atoms with Crippen molar-refractivity contribution in [3.63, 3.8) is 0 Å². The molecule has 0 aliphatic heterocycles. The summed E-state index contributed by atoms with van der Waals surface area (Å²) in [6.07, 6.45) is 0. The van der Waals surface area contributed by atoms with Gasteiger partial charge in [0.2, 0.25) is 0 Å². The summed E-state index contributed by atoms with van der Waals surface area (Å²) >= 11 is 0. The molecule has 0 aliphatic rings. The zero-order valence-corrected chi connectivity index (χ0v) is 15.7. The van der Waals surface area contributed by atoms with E-state index in [0.717, 1.165) is 37.5 Å². The topological polar surface area (TPSA) is 158 Å². The molecule has 0 heterocycles. The monoisotopic (exact) mass is 404 g/mol. The zero-order valence-electron chi connectivity index (χ0n) is 15.7. The van der Waals surface area contributed by atoms with Crippen LogP contribution in [0.3, 0.4) is 0 Å². The van der Waals surface area contributed by atoms with Crippen molar-refractivity contribution < 1.29 is 44.3 Å². The van der Waals surface area contributed by atoms with Gasteiger partial charge in [-0.15, -0.1) is 0 Å². The Balaban J connectivity index is 0.000000749. The number of rotatable bonds is 7. The van der Waals surface area contributed by atoms with Gasteiger partial charge in [-0.2, -0.15) is 0 Å². The first-order valence-corrected chi connectivity index (χ1v) is 8.43. The van der Waals surface area contributed by atoms with E-state index in [1.807, 2.05) is 13.8 Å². The van der Waals surface area contributed by atoms with Crippen molar-refractivity contribution in [3.05, 3.63) is 58.7 Å². The molecule has 0 radical (unpaired) electrons. The van der Waals surface area contributed by atoms with Crippen LogP contribution in [-0.2, 0) is 4.74 Å². The lowest BCUT2D eigenvalue weighted by Gasteiger charge is -2.09.